The van der Waals surface area contributed by atoms with E-state index in [0.717, 1.165) is 6.42 Å². The van der Waals surface area contributed by atoms with E-state index in [1.165, 1.54) is 4.90 Å². The van der Waals surface area contributed by atoms with Crippen molar-refractivity contribution in [2.24, 2.45) is 11.8 Å². The Morgan fingerprint density at radius 2 is 2.00 bits per heavy atom. The van der Waals surface area contributed by atoms with Crippen LogP contribution >= 0.6 is 11.8 Å². The minimum atomic E-state index is 0.177. The number of hydrogen-bond acceptors (Lipinski definition) is 2. The highest BCUT2D eigenvalue weighted by atomic mass is 32.2. The van der Waals surface area contributed by atoms with Crippen molar-refractivity contribution in [2.45, 2.75) is 16.6 Å². The van der Waals surface area contributed by atoms with Crippen LogP contribution in [0.3, 0.4) is 0 Å². The lowest BCUT2D eigenvalue weighted by atomic mass is 9.74. The van der Waals surface area contributed by atoms with E-state index in [1.54, 1.807) is 11.8 Å². The zero-order valence-corrected chi connectivity index (χ0v) is 9.11. The molecular formula is C13H12OS. The average Bonchev–Trinajstić information content (AvgIpc) is 2.72. The van der Waals surface area contributed by atoms with Gasteiger partial charge in [-0.2, -0.15) is 0 Å². The fourth-order valence-electron chi connectivity index (χ4n) is 2.36. The van der Waals surface area contributed by atoms with E-state index < -0.39 is 0 Å². The zero-order valence-electron chi connectivity index (χ0n) is 8.30. The molecule has 2 aliphatic rings. The fraction of sp³-hybridized carbons (Fsp3) is 0.308. The molecule has 0 aliphatic heterocycles. The van der Waals surface area contributed by atoms with Crippen molar-refractivity contribution >= 4 is 17.5 Å². The Morgan fingerprint density at radius 3 is 2.80 bits per heavy atom. The molecule has 3 rings (SSSR count). The highest BCUT2D eigenvalue weighted by Gasteiger charge is 2.49. The van der Waals surface area contributed by atoms with Crippen molar-refractivity contribution in [3.05, 3.63) is 42.5 Å². The summed E-state index contributed by atoms with van der Waals surface area (Å²) < 4.78 is 0. The van der Waals surface area contributed by atoms with Gasteiger partial charge in [0, 0.05) is 16.7 Å². The lowest BCUT2D eigenvalue weighted by Crippen LogP contribution is -2.46. The molecular weight excluding hydrogens is 204 g/mol. The SMILES string of the molecule is O=C1C2CC=CC2C1Sc1ccccc1. The van der Waals surface area contributed by atoms with Crippen LogP contribution in [0.5, 0.6) is 0 Å². The van der Waals surface area contributed by atoms with Crippen molar-refractivity contribution in [2.75, 3.05) is 0 Å². The molecule has 0 saturated heterocycles. The largest absolute Gasteiger partial charge is 0.298 e. The second-order valence-corrected chi connectivity index (χ2v) is 5.32. The van der Waals surface area contributed by atoms with Gasteiger partial charge in [0.2, 0.25) is 0 Å². The normalized spacial score (nSPS) is 32.5. The maximum Gasteiger partial charge on any atom is 0.150 e. The molecule has 15 heavy (non-hydrogen) atoms. The van der Waals surface area contributed by atoms with Gasteiger partial charge in [-0.3, -0.25) is 4.79 Å². The van der Waals surface area contributed by atoms with Crippen molar-refractivity contribution in [1.29, 1.82) is 0 Å². The Morgan fingerprint density at radius 1 is 1.20 bits per heavy atom. The first-order valence-electron chi connectivity index (χ1n) is 5.28. The van der Waals surface area contributed by atoms with Crippen molar-refractivity contribution < 1.29 is 4.79 Å². The summed E-state index contributed by atoms with van der Waals surface area (Å²) in [6.07, 6.45) is 5.33. The van der Waals surface area contributed by atoms with Crippen LogP contribution in [-0.4, -0.2) is 11.0 Å². The van der Waals surface area contributed by atoms with Crippen LogP contribution in [0.25, 0.3) is 0 Å². The first-order valence-corrected chi connectivity index (χ1v) is 6.16. The Kier molecular flexibility index (Phi) is 2.17. The van der Waals surface area contributed by atoms with Gasteiger partial charge in [0.05, 0.1) is 5.25 Å². The molecule has 1 nitrogen and oxygen atoms in total. The minimum Gasteiger partial charge on any atom is -0.298 e. The van der Waals surface area contributed by atoms with Crippen LogP contribution in [0.15, 0.2) is 47.4 Å². The smallest absolute Gasteiger partial charge is 0.150 e. The van der Waals surface area contributed by atoms with Gasteiger partial charge in [0.15, 0.2) is 5.78 Å². The Bertz CT molecular complexity index is 410. The summed E-state index contributed by atoms with van der Waals surface area (Å²) in [6, 6.07) is 10.2. The number of thioether (sulfide) groups is 1. The molecule has 0 heterocycles. The lowest BCUT2D eigenvalue weighted by Gasteiger charge is -2.37. The molecule has 1 saturated carbocycles. The van der Waals surface area contributed by atoms with Gasteiger partial charge in [-0.1, -0.05) is 30.4 Å². The van der Waals surface area contributed by atoms with Gasteiger partial charge in [-0.15, -0.1) is 11.8 Å². The van der Waals surface area contributed by atoms with Crippen LogP contribution in [0.2, 0.25) is 0 Å². The standard InChI is InChI=1S/C13H12OS/c14-12-10-7-4-8-11(10)13(12)15-9-5-2-1-3-6-9/h1-6,8,10-11,13H,7H2. The zero-order chi connectivity index (χ0) is 10.3. The summed E-state index contributed by atoms with van der Waals surface area (Å²) in [7, 11) is 0. The van der Waals surface area contributed by atoms with E-state index in [1.807, 2.05) is 18.2 Å². The van der Waals surface area contributed by atoms with E-state index in [4.69, 9.17) is 0 Å². The summed E-state index contributed by atoms with van der Waals surface area (Å²) >= 11 is 1.71. The summed E-state index contributed by atoms with van der Waals surface area (Å²) in [5, 5.41) is 0.177. The molecule has 76 valence electrons. The Balaban J connectivity index is 1.75. The van der Waals surface area contributed by atoms with Gasteiger partial charge in [0.25, 0.3) is 0 Å². The van der Waals surface area contributed by atoms with E-state index in [-0.39, 0.29) is 5.25 Å². The number of fused-ring (bicyclic) bond motifs is 1. The number of carbonyl (C=O) groups excluding carboxylic acids is 1. The first-order chi connectivity index (χ1) is 7.36. The number of rotatable bonds is 2. The number of allylic oxidation sites excluding steroid dienone is 2. The summed E-state index contributed by atoms with van der Waals surface area (Å²) in [5.41, 5.74) is 0. The highest BCUT2D eigenvalue weighted by molar-refractivity contribution is 8.00. The molecule has 3 atom stereocenters. The fourth-order valence-corrected chi connectivity index (χ4v) is 3.69. The maximum absolute atomic E-state index is 11.8. The number of Topliss-reactive ketones (excluding diaryl/α,β-unsaturated/α-hetero) is 1. The molecule has 3 unspecified atom stereocenters. The van der Waals surface area contributed by atoms with Gasteiger partial charge < -0.3 is 0 Å². The van der Waals surface area contributed by atoms with Gasteiger partial charge in [0.1, 0.15) is 0 Å². The van der Waals surface area contributed by atoms with E-state index >= 15 is 0 Å². The molecule has 1 aromatic rings. The van der Waals surface area contributed by atoms with Crippen LogP contribution in [0.4, 0.5) is 0 Å². The van der Waals surface area contributed by atoms with E-state index in [2.05, 4.69) is 24.3 Å². The number of ketones is 1. The molecule has 0 N–H and O–H groups in total. The van der Waals surface area contributed by atoms with Crippen molar-refractivity contribution in [1.82, 2.24) is 0 Å². The predicted molar refractivity (Wildman–Crippen MR) is 61.8 cm³/mol. The molecule has 1 aromatic carbocycles. The Hall–Kier alpha value is -1.02. The molecule has 0 bridgehead atoms. The topological polar surface area (TPSA) is 17.1 Å². The van der Waals surface area contributed by atoms with Crippen LogP contribution < -0.4 is 0 Å². The molecule has 2 aliphatic carbocycles. The first kappa shape index (κ1) is 9.22. The van der Waals surface area contributed by atoms with Gasteiger partial charge in [-0.05, 0) is 18.6 Å². The molecule has 0 spiro atoms. The van der Waals surface area contributed by atoms with Gasteiger partial charge >= 0.3 is 0 Å². The molecule has 0 aromatic heterocycles. The second-order valence-electron chi connectivity index (χ2n) is 4.10. The van der Waals surface area contributed by atoms with Crippen molar-refractivity contribution in [3.8, 4) is 0 Å². The summed E-state index contributed by atoms with van der Waals surface area (Å²) in [6.45, 7) is 0. The van der Waals surface area contributed by atoms with Crippen LogP contribution in [-0.2, 0) is 4.79 Å². The predicted octanol–water partition coefficient (Wildman–Crippen LogP) is 2.92. The second kappa shape index (κ2) is 3.53. The van der Waals surface area contributed by atoms with E-state index in [9.17, 15) is 4.79 Å². The molecule has 0 amide bonds. The third kappa shape index (κ3) is 1.44. The lowest BCUT2D eigenvalue weighted by molar-refractivity contribution is -0.130. The maximum atomic E-state index is 11.8. The highest BCUT2D eigenvalue weighted by Crippen LogP contribution is 2.47. The third-order valence-electron chi connectivity index (χ3n) is 3.21. The number of carbonyl (C=O) groups is 1. The number of hydrogen-bond donors (Lipinski definition) is 0. The molecule has 1 fully saturated rings. The minimum absolute atomic E-state index is 0.177. The summed E-state index contributed by atoms with van der Waals surface area (Å²) in [4.78, 5) is 13.0. The van der Waals surface area contributed by atoms with Gasteiger partial charge in [-0.25, -0.2) is 0 Å². The van der Waals surface area contributed by atoms with E-state index in [0.29, 0.717) is 17.6 Å². The van der Waals surface area contributed by atoms with Crippen molar-refractivity contribution in [3.63, 3.8) is 0 Å². The quantitative estimate of drug-likeness (QED) is 0.707. The molecule has 2 heteroatoms. The third-order valence-corrected chi connectivity index (χ3v) is 4.56. The number of benzene rings is 1. The Labute approximate surface area is 93.6 Å². The van der Waals surface area contributed by atoms with Crippen LogP contribution in [0.1, 0.15) is 6.42 Å². The monoisotopic (exact) mass is 216 g/mol. The molecule has 0 radical (unpaired) electrons. The summed E-state index contributed by atoms with van der Waals surface area (Å²) in [5.74, 6) is 1.26. The van der Waals surface area contributed by atoms with Crippen LogP contribution in [0, 0.1) is 11.8 Å². The average molecular weight is 216 g/mol.